The molecule has 1 fully saturated rings. The van der Waals surface area contributed by atoms with E-state index in [1.165, 1.54) is 6.92 Å². The molecule has 5 N–H and O–H groups in total. The number of aromatic nitrogens is 2. The minimum absolute atomic E-state index is 0.00347. The third kappa shape index (κ3) is 25.2. The number of anilines is 2. The highest BCUT2D eigenvalue weighted by Gasteiger charge is 2.39. The zero-order valence-electron chi connectivity index (χ0n) is 57.2. The highest BCUT2D eigenvalue weighted by molar-refractivity contribution is 5.97. The molecule has 0 spiro atoms. The number of aryl methyl sites for hydroxylation is 3. The maximum atomic E-state index is 13.3. The number of pyridine rings is 2. The molecule has 1 aliphatic rings. The van der Waals surface area contributed by atoms with Gasteiger partial charge in [-0.3, -0.25) is 24.0 Å². The van der Waals surface area contributed by atoms with Crippen LogP contribution in [0.25, 0.3) is 0 Å². The molecule has 2 atom stereocenters. The first-order valence-electron chi connectivity index (χ1n) is 33.3. The lowest BCUT2D eigenvalue weighted by molar-refractivity contribution is -0.536. The fraction of sp³-hybridized carbons (Fsp3) is 0.312. The minimum atomic E-state index is -1.10. The number of Topliss-reactive ketones (excluding diaryl/α,β-unsaturated/α-hetero) is 1. The molecule has 0 radical (unpaired) electrons. The fourth-order valence-electron chi connectivity index (χ4n) is 10.7. The summed E-state index contributed by atoms with van der Waals surface area (Å²) in [5.41, 5.74) is 8.96. The van der Waals surface area contributed by atoms with Crippen molar-refractivity contribution in [2.45, 2.75) is 118 Å². The van der Waals surface area contributed by atoms with E-state index in [1.807, 2.05) is 204 Å². The molecular weight excluding hydrogens is 1220 g/mol. The zero-order chi connectivity index (χ0) is 69.9. The average Bonchev–Trinajstić information content (AvgIpc) is 0.744. The molecule has 2 unspecified atom stereocenters. The monoisotopic (exact) mass is 1310 g/mol. The van der Waals surface area contributed by atoms with Gasteiger partial charge in [0.2, 0.25) is 0 Å². The number of phenolic OH excluding ortho intramolecular Hbond substituents is 1. The second-order valence-electron chi connectivity index (χ2n) is 23.7. The number of phenols is 1. The van der Waals surface area contributed by atoms with Gasteiger partial charge in [-0.15, -0.1) is 12.2 Å². The number of rotatable bonds is 26. The molecule has 7 rings (SSSR count). The van der Waals surface area contributed by atoms with Crippen molar-refractivity contribution in [1.29, 1.82) is 0 Å². The van der Waals surface area contributed by atoms with Crippen LogP contribution in [0.3, 0.4) is 0 Å². The summed E-state index contributed by atoms with van der Waals surface area (Å²) in [6.07, 6.45) is 0.765. The predicted octanol–water partition coefficient (Wildman–Crippen LogP) is 11.6. The van der Waals surface area contributed by atoms with Crippen LogP contribution in [0, 0.1) is 20.8 Å². The van der Waals surface area contributed by atoms with Crippen molar-refractivity contribution < 1.29 is 44.0 Å². The smallest absolute Gasteiger partial charge is 0.270 e. The van der Waals surface area contributed by atoms with E-state index in [2.05, 4.69) is 61.8 Å². The molecule has 0 aliphatic heterocycles. The van der Waals surface area contributed by atoms with Gasteiger partial charge in [0.25, 0.3) is 23.6 Å². The van der Waals surface area contributed by atoms with Crippen LogP contribution in [0.2, 0.25) is 0 Å². The van der Waals surface area contributed by atoms with Crippen LogP contribution < -0.4 is 41.3 Å². The topological polar surface area (TPSA) is 241 Å². The molecule has 6 aromatic rings. The molecule has 2 aromatic heterocycles. The highest BCUT2D eigenvalue weighted by Crippen LogP contribution is 2.48. The van der Waals surface area contributed by atoms with Crippen molar-refractivity contribution in [1.82, 2.24) is 31.2 Å². The van der Waals surface area contributed by atoms with Gasteiger partial charge in [-0.05, 0) is 147 Å². The number of carbonyl (C=O) groups excluding carboxylic acids is 5. The highest BCUT2D eigenvalue weighted by atomic mass is 16.5. The molecular formula is C80H94N8O9-2. The van der Waals surface area contributed by atoms with Crippen molar-refractivity contribution in [2.24, 2.45) is 0 Å². The Labute approximate surface area is 572 Å². The predicted molar refractivity (Wildman–Crippen MR) is 382 cm³/mol. The Balaban J connectivity index is 0.000000343. The number of ketones is 1. The van der Waals surface area contributed by atoms with Crippen LogP contribution in [0.1, 0.15) is 152 Å². The summed E-state index contributed by atoms with van der Waals surface area (Å²) in [4.78, 5) is 75.9. The van der Waals surface area contributed by atoms with Gasteiger partial charge in [-0.2, -0.15) is 0 Å². The summed E-state index contributed by atoms with van der Waals surface area (Å²) >= 11 is 0. The van der Waals surface area contributed by atoms with Crippen molar-refractivity contribution in [2.75, 3.05) is 55.7 Å². The normalized spacial score (nSPS) is 14.1. The molecule has 510 valence electrons. The van der Waals surface area contributed by atoms with Gasteiger partial charge in [-0.1, -0.05) is 190 Å². The SMILES string of the molecule is CCCN(CCC)c1ccc(C2C([O-])C(c3ccc(N(CCC)CCOCC(C)=O)cc3)C2[O-])c(O)c1.CCNC(=O)c1cc(C)cc(C(=O)NCc2ccccccc(CNC(=O)c3cc(C)cc(C(=O)NCc4ccccccc(C)cccccc4)n3)cccccc2)n1. The average molecular weight is 1310 g/mol. The number of hydrogen-bond donors (Lipinski definition) is 5. The Morgan fingerprint density at radius 2 is 0.804 bits per heavy atom. The minimum Gasteiger partial charge on any atom is -0.851 e. The van der Waals surface area contributed by atoms with Crippen molar-refractivity contribution >= 4 is 40.8 Å². The van der Waals surface area contributed by atoms with Crippen LogP contribution in [-0.4, -0.2) is 103 Å². The summed E-state index contributed by atoms with van der Waals surface area (Å²) in [5.74, 6) is -2.85. The Morgan fingerprint density at radius 3 is 1.16 bits per heavy atom. The standard InChI is InChI=1S/C50H52N6O4.C30H42N2O5/c1-5-51-47(57)43-30-38(3)31-44(55-43)48(58)52-35-41-26-18-10-12-20-28-42(29-21-13-11-19-27-41)36-54-50(60)46-33-39(4)32-45(56-46)49(59)53-34-40-24-16-8-6-14-22-37(2)23-15-7-9-17-25-40;1-5-14-31(15-6-2)24-12-13-25(26(34)19-24)28-29(35)27(30(28)36)22-8-10-23(11-9-22)32(16-7-3)17-18-37-20-21(4)33/h6-33H,5,34-36H2,1-4H3,(H,51,57)(H,52,58)(H,53,59)(H,54,60);8-13,19,27-30,34H,5-7,14-18,20H2,1-4H3/q;-2. The molecule has 17 heteroatoms. The Morgan fingerprint density at radius 1 is 0.443 bits per heavy atom. The summed E-state index contributed by atoms with van der Waals surface area (Å²) in [5, 5.41) is 48.6. The van der Waals surface area contributed by atoms with E-state index in [1.54, 1.807) is 36.4 Å². The van der Waals surface area contributed by atoms with Crippen LogP contribution >= 0.6 is 0 Å². The van der Waals surface area contributed by atoms with E-state index in [4.69, 9.17) is 4.74 Å². The van der Waals surface area contributed by atoms with Gasteiger partial charge in [-0.25, -0.2) is 9.97 Å². The van der Waals surface area contributed by atoms with E-state index >= 15 is 0 Å². The first kappa shape index (κ1) is 76.0. The second kappa shape index (κ2) is 41.0. The Kier molecular flexibility index (Phi) is 32.1. The zero-order valence-corrected chi connectivity index (χ0v) is 57.2. The largest absolute Gasteiger partial charge is 0.851 e. The van der Waals surface area contributed by atoms with Gasteiger partial charge in [0.1, 0.15) is 35.1 Å². The summed E-state index contributed by atoms with van der Waals surface area (Å²) in [6, 6.07) is 65.5. The van der Waals surface area contributed by atoms with Crippen LogP contribution in [-0.2, 0) is 29.2 Å². The Hall–Kier alpha value is -10.1. The first-order chi connectivity index (χ1) is 46.9. The number of amides is 4. The summed E-state index contributed by atoms with van der Waals surface area (Å²) in [6.45, 7) is 20.4. The number of carbonyl (C=O) groups is 5. The van der Waals surface area contributed by atoms with E-state index in [0.29, 0.717) is 25.3 Å². The Bertz CT molecular complexity index is 3750. The van der Waals surface area contributed by atoms with Gasteiger partial charge in [0.15, 0.2) is 5.78 Å². The number of ether oxygens (including phenoxy) is 1. The number of nitrogens with one attached hydrogen (secondary N) is 4. The van der Waals surface area contributed by atoms with Gasteiger partial charge >= 0.3 is 0 Å². The molecule has 4 aromatic carbocycles. The second-order valence-corrected chi connectivity index (χ2v) is 23.7. The van der Waals surface area contributed by atoms with Crippen molar-refractivity contribution in [3.05, 3.63) is 280 Å². The van der Waals surface area contributed by atoms with Gasteiger partial charge < -0.3 is 51.1 Å². The number of hydrogen-bond acceptors (Lipinski definition) is 13. The maximum Gasteiger partial charge on any atom is 0.270 e. The van der Waals surface area contributed by atoms with Crippen molar-refractivity contribution in [3.63, 3.8) is 0 Å². The third-order valence-corrected chi connectivity index (χ3v) is 15.6. The molecule has 0 saturated heterocycles. The van der Waals surface area contributed by atoms with Gasteiger partial charge in [0.05, 0.1) is 6.61 Å². The van der Waals surface area contributed by atoms with E-state index in [0.717, 1.165) is 89.2 Å². The lowest BCUT2D eigenvalue weighted by atomic mass is 9.63. The third-order valence-electron chi connectivity index (χ3n) is 15.6. The van der Waals surface area contributed by atoms with Crippen LogP contribution in [0.4, 0.5) is 11.4 Å². The lowest BCUT2D eigenvalue weighted by Gasteiger charge is -2.61. The number of benzene rings is 2. The molecule has 17 nitrogen and oxygen atoms in total. The number of aromatic hydroxyl groups is 1. The molecule has 1 saturated carbocycles. The first-order valence-corrected chi connectivity index (χ1v) is 33.3. The fourth-order valence-corrected chi connectivity index (χ4v) is 10.7. The molecule has 4 amide bonds. The van der Waals surface area contributed by atoms with Crippen LogP contribution in [0.15, 0.2) is 212 Å². The van der Waals surface area contributed by atoms with E-state index in [-0.39, 0.29) is 78.3 Å². The molecule has 0 bridgehead atoms. The lowest BCUT2D eigenvalue weighted by Crippen LogP contribution is -2.63. The van der Waals surface area contributed by atoms with Crippen molar-refractivity contribution in [3.8, 4) is 5.75 Å². The van der Waals surface area contributed by atoms with E-state index < -0.39 is 30.0 Å². The number of nitrogens with zero attached hydrogens (tertiary/aromatic N) is 4. The quantitative estimate of drug-likeness (QED) is 0.0318. The molecule has 2 heterocycles. The van der Waals surface area contributed by atoms with Gasteiger partial charge in [0, 0.05) is 69.8 Å². The van der Waals surface area contributed by atoms with Crippen LogP contribution in [0.5, 0.6) is 5.75 Å². The summed E-state index contributed by atoms with van der Waals surface area (Å²) < 4.78 is 5.42. The molecule has 97 heavy (non-hydrogen) atoms. The maximum absolute atomic E-state index is 13.3. The van der Waals surface area contributed by atoms with E-state index in [9.17, 15) is 39.3 Å². The molecule has 1 aliphatic carbocycles. The summed E-state index contributed by atoms with van der Waals surface area (Å²) in [7, 11) is 0.